The molecule has 0 unspecified atom stereocenters. The lowest BCUT2D eigenvalue weighted by atomic mass is 9.66. The fourth-order valence-corrected chi connectivity index (χ4v) is 2.21. The first-order chi connectivity index (χ1) is 5.55. The Hall–Kier alpha value is -0.0400. The van der Waals surface area contributed by atoms with Gasteiger partial charge in [-0.05, 0) is 30.8 Å². The molecule has 1 heteroatoms. The van der Waals surface area contributed by atoms with E-state index in [0.29, 0.717) is 10.8 Å². The van der Waals surface area contributed by atoms with Crippen LogP contribution in [0.3, 0.4) is 0 Å². The van der Waals surface area contributed by atoms with Crippen LogP contribution in [0.15, 0.2) is 0 Å². The fraction of sp³-hybridized carbons (Fsp3) is 1.00. The smallest absolute Gasteiger partial charge is 0.00136 e. The van der Waals surface area contributed by atoms with E-state index in [1.54, 1.807) is 0 Å². The SMILES string of the molecule is CN(C)CC(C(C)(C)C)C(C)(C)C. The van der Waals surface area contributed by atoms with Crippen molar-refractivity contribution in [3.8, 4) is 0 Å². The van der Waals surface area contributed by atoms with E-state index in [9.17, 15) is 0 Å². The molecule has 1 nitrogen and oxygen atoms in total. The van der Waals surface area contributed by atoms with Crippen LogP contribution < -0.4 is 0 Å². The van der Waals surface area contributed by atoms with Gasteiger partial charge in [0.05, 0.1) is 0 Å². The molecule has 0 rings (SSSR count). The average molecular weight is 185 g/mol. The third kappa shape index (κ3) is 4.66. The van der Waals surface area contributed by atoms with Crippen LogP contribution in [0.25, 0.3) is 0 Å². The molecule has 0 aliphatic heterocycles. The Labute approximate surface area is 84.5 Å². The molecule has 0 heterocycles. The zero-order chi connectivity index (χ0) is 10.9. The summed E-state index contributed by atoms with van der Waals surface area (Å²) < 4.78 is 0. The number of hydrogen-bond donors (Lipinski definition) is 0. The molecule has 0 atom stereocenters. The van der Waals surface area contributed by atoms with Crippen molar-refractivity contribution < 1.29 is 0 Å². The van der Waals surface area contributed by atoms with E-state index in [2.05, 4.69) is 60.5 Å². The molecule has 0 saturated carbocycles. The largest absolute Gasteiger partial charge is 0.309 e. The lowest BCUT2D eigenvalue weighted by molar-refractivity contribution is 0.0732. The maximum Gasteiger partial charge on any atom is 0.00136 e. The molecule has 0 fully saturated rings. The van der Waals surface area contributed by atoms with Crippen molar-refractivity contribution >= 4 is 0 Å². The van der Waals surface area contributed by atoms with Gasteiger partial charge in [0.2, 0.25) is 0 Å². The summed E-state index contributed by atoms with van der Waals surface area (Å²) in [6.45, 7) is 15.2. The van der Waals surface area contributed by atoms with Gasteiger partial charge in [-0.2, -0.15) is 0 Å². The topological polar surface area (TPSA) is 3.24 Å². The molecule has 0 spiro atoms. The molecular formula is C12H27N. The van der Waals surface area contributed by atoms with Gasteiger partial charge < -0.3 is 4.90 Å². The second-order valence-corrected chi connectivity index (χ2v) is 6.55. The van der Waals surface area contributed by atoms with Crippen LogP contribution in [0.2, 0.25) is 0 Å². The van der Waals surface area contributed by atoms with Crippen molar-refractivity contribution in [2.45, 2.75) is 41.5 Å². The summed E-state index contributed by atoms with van der Waals surface area (Å²) in [5, 5.41) is 0. The molecule has 0 aromatic carbocycles. The van der Waals surface area contributed by atoms with Crippen molar-refractivity contribution in [1.29, 1.82) is 0 Å². The Bertz CT molecular complexity index is 131. The standard InChI is InChI=1S/C12H27N/c1-11(2,3)10(9-13(7)8)12(4,5)6/h10H,9H2,1-8H3. The maximum absolute atomic E-state index is 2.34. The molecule has 13 heavy (non-hydrogen) atoms. The predicted molar refractivity (Wildman–Crippen MR) is 61.0 cm³/mol. The van der Waals surface area contributed by atoms with Crippen LogP contribution in [0.5, 0.6) is 0 Å². The number of rotatable bonds is 2. The van der Waals surface area contributed by atoms with Crippen LogP contribution >= 0.6 is 0 Å². The van der Waals surface area contributed by atoms with Crippen LogP contribution in [0.4, 0.5) is 0 Å². The highest BCUT2D eigenvalue weighted by Crippen LogP contribution is 2.39. The van der Waals surface area contributed by atoms with Gasteiger partial charge in [-0.15, -0.1) is 0 Å². The van der Waals surface area contributed by atoms with Gasteiger partial charge in [-0.25, -0.2) is 0 Å². The highest BCUT2D eigenvalue weighted by atomic mass is 15.1. The fourth-order valence-electron chi connectivity index (χ4n) is 2.21. The molecule has 0 amide bonds. The summed E-state index contributed by atoms with van der Waals surface area (Å²) in [6.07, 6.45) is 0. The minimum Gasteiger partial charge on any atom is -0.309 e. The highest BCUT2D eigenvalue weighted by molar-refractivity contribution is 4.85. The molecule has 0 N–H and O–H groups in total. The highest BCUT2D eigenvalue weighted by Gasteiger charge is 2.34. The van der Waals surface area contributed by atoms with Crippen molar-refractivity contribution in [1.82, 2.24) is 4.90 Å². The summed E-state index contributed by atoms with van der Waals surface area (Å²) in [5.74, 6) is 0.731. The number of hydrogen-bond acceptors (Lipinski definition) is 1. The van der Waals surface area contributed by atoms with Crippen LogP contribution in [-0.2, 0) is 0 Å². The molecule has 0 aliphatic rings. The molecule has 80 valence electrons. The van der Waals surface area contributed by atoms with E-state index in [1.165, 1.54) is 6.54 Å². The molecule has 0 aliphatic carbocycles. The summed E-state index contributed by atoms with van der Waals surface area (Å²) in [7, 11) is 4.31. The monoisotopic (exact) mass is 185 g/mol. The second-order valence-electron chi connectivity index (χ2n) is 6.55. The predicted octanol–water partition coefficient (Wildman–Crippen LogP) is 3.26. The van der Waals surface area contributed by atoms with Crippen LogP contribution in [0, 0.1) is 16.7 Å². The van der Waals surface area contributed by atoms with Gasteiger partial charge >= 0.3 is 0 Å². The third-order valence-electron chi connectivity index (χ3n) is 2.64. The Balaban J connectivity index is 4.58. The lowest BCUT2D eigenvalue weighted by Crippen LogP contribution is -2.39. The van der Waals surface area contributed by atoms with Gasteiger partial charge in [0.15, 0.2) is 0 Å². The normalized spacial score (nSPS) is 14.3. The third-order valence-corrected chi connectivity index (χ3v) is 2.64. The summed E-state index contributed by atoms with van der Waals surface area (Å²) in [4.78, 5) is 2.29. The van der Waals surface area contributed by atoms with E-state index < -0.39 is 0 Å². The van der Waals surface area contributed by atoms with Crippen molar-refractivity contribution in [2.75, 3.05) is 20.6 Å². The Morgan fingerprint density at radius 1 is 0.846 bits per heavy atom. The van der Waals surface area contributed by atoms with Gasteiger partial charge in [0.1, 0.15) is 0 Å². The molecule has 0 radical (unpaired) electrons. The van der Waals surface area contributed by atoms with Crippen molar-refractivity contribution in [2.24, 2.45) is 16.7 Å². The maximum atomic E-state index is 2.34. The van der Waals surface area contributed by atoms with E-state index in [1.807, 2.05) is 0 Å². The summed E-state index contributed by atoms with van der Waals surface area (Å²) >= 11 is 0. The first kappa shape index (κ1) is 13.0. The van der Waals surface area contributed by atoms with Crippen LogP contribution in [-0.4, -0.2) is 25.5 Å². The Kier molecular flexibility index (Phi) is 3.98. The minimum atomic E-state index is 0.391. The summed E-state index contributed by atoms with van der Waals surface area (Å²) in [6, 6.07) is 0. The zero-order valence-electron chi connectivity index (χ0n) is 10.7. The second kappa shape index (κ2) is 4.00. The molecule has 0 aromatic rings. The Morgan fingerprint density at radius 3 is 1.23 bits per heavy atom. The van der Waals surface area contributed by atoms with Crippen molar-refractivity contribution in [3.63, 3.8) is 0 Å². The molecule has 0 saturated heterocycles. The van der Waals surface area contributed by atoms with Crippen LogP contribution in [0.1, 0.15) is 41.5 Å². The Morgan fingerprint density at radius 2 is 1.15 bits per heavy atom. The molecule has 0 aromatic heterocycles. The van der Waals surface area contributed by atoms with Crippen molar-refractivity contribution in [3.05, 3.63) is 0 Å². The van der Waals surface area contributed by atoms with Gasteiger partial charge in [0.25, 0.3) is 0 Å². The average Bonchev–Trinajstić information content (AvgIpc) is 1.77. The van der Waals surface area contributed by atoms with Gasteiger partial charge in [-0.3, -0.25) is 0 Å². The first-order valence-corrected chi connectivity index (χ1v) is 5.20. The molecular weight excluding hydrogens is 158 g/mol. The summed E-state index contributed by atoms with van der Waals surface area (Å²) in [5.41, 5.74) is 0.783. The van der Waals surface area contributed by atoms with E-state index in [0.717, 1.165) is 5.92 Å². The minimum absolute atomic E-state index is 0.391. The zero-order valence-corrected chi connectivity index (χ0v) is 10.7. The van der Waals surface area contributed by atoms with Gasteiger partial charge in [-0.1, -0.05) is 41.5 Å². The van der Waals surface area contributed by atoms with Gasteiger partial charge in [0, 0.05) is 6.54 Å². The van der Waals surface area contributed by atoms with E-state index >= 15 is 0 Å². The molecule has 0 bridgehead atoms. The lowest BCUT2D eigenvalue weighted by Gasteiger charge is -2.42. The first-order valence-electron chi connectivity index (χ1n) is 5.20. The number of nitrogens with zero attached hydrogens (tertiary/aromatic N) is 1. The van der Waals surface area contributed by atoms with E-state index in [4.69, 9.17) is 0 Å². The quantitative estimate of drug-likeness (QED) is 0.638. The van der Waals surface area contributed by atoms with E-state index in [-0.39, 0.29) is 0 Å².